The first kappa shape index (κ1) is 23.1. The topological polar surface area (TPSA) is 32.8 Å². The van der Waals surface area contributed by atoms with E-state index < -0.39 is 0 Å². The molecule has 32 heavy (non-hydrogen) atoms. The van der Waals surface area contributed by atoms with Crippen LogP contribution in [0.15, 0.2) is 47.8 Å². The number of carbonyl (C=O) groups excluding carboxylic acids is 1. The van der Waals surface area contributed by atoms with Gasteiger partial charge in [-0.2, -0.15) is 0 Å². The molecule has 1 aliphatic heterocycles. The molecular weight excluding hydrogens is 463 g/mol. The number of amides is 1. The van der Waals surface area contributed by atoms with Crippen LogP contribution >= 0.6 is 34.5 Å². The maximum atomic E-state index is 13.0. The summed E-state index contributed by atoms with van der Waals surface area (Å²) in [6, 6.07) is 13.7. The largest absolute Gasteiger partial charge is 0.489 e. The normalized spacial score (nSPS) is 14.6. The summed E-state index contributed by atoms with van der Waals surface area (Å²) in [5.74, 6) is 0.984. The smallest absolute Gasteiger partial charge is 0.264 e. The van der Waals surface area contributed by atoms with Crippen molar-refractivity contribution in [3.05, 3.63) is 85.0 Å². The molecule has 0 bridgehead atoms. The highest BCUT2D eigenvalue weighted by Crippen LogP contribution is 2.25. The van der Waals surface area contributed by atoms with Gasteiger partial charge in [-0.1, -0.05) is 41.4 Å². The fourth-order valence-corrected chi connectivity index (χ4v) is 5.08. The average molecular weight is 489 g/mol. The molecule has 0 spiro atoms. The highest BCUT2D eigenvalue weighted by Gasteiger charge is 2.23. The van der Waals surface area contributed by atoms with Crippen molar-refractivity contribution in [2.45, 2.75) is 27.0 Å². The molecule has 1 amide bonds. The third-order valence-corrected chi connectivity index (χ3v) is 7.23. The van der Waals surface area contributed by atoms with Crippen molar-refractivity contribution in [1.29, 1.82) is 0 Å². The third-order valence-electron chi connectivity index (χ3n) is 5.67. The van der Waals surface area contributed by atoms with Crippen molar-refractivity contribution in [3.63, 3.8) is 0 Å². The lowest BCUT2D eigenvalue weighted by molar-refractivity contribution is 0.0633. The molecule has 4 nitrogen and oxygen atoms in total. The van der Waals surface area contributed by atoms with Gasteiger partial charge in [-0.15, -0.1) is 11.3 Å². The van der Waals surface area contributed by atoms with E-state index in [1.807, 2.05) is 41.5 Å². The Hall–Kier alpha value is -2.05. The van der Waals surface area contributed by atoms with Crippen LogP contribution in [0.25, 0.3) is 0 Å². The molecule has 0 N–H and O–H groups in total. The van der Waals surface area contributed by atoms with Crippen LogP contribution in [0.4, 0.5) is 0 Å². The van der Waals surface area contributed by atoms with E-state index in [2.05, 4.69) is 24.0 Å². The summed E-state index contributed by atoms with van der Waals surface area (Å²) in [6.07, 6.45) is 0. The molecule has 0 unspecified atom stereocenters. The Balaban J connectivity index is 1.30. The van der Waals surface area contributed by atoms with Crippen molar-refractivity contribution in [1.82, 2.24) is 9.80 Å². The Morgan fingerprint density at radius 3 is 2.56 bits per heavy atom. The Morgan fingerprint density at radius 1 is 1.03 bits per heavy atom. The highest BCUT2D eigenvalue weighted by molar-refractivity contribution is 7.12. The van der Waals surface area contributed by atoms with Gasteiger partial charge in [0.1, 0.15) is 12.4 Å². The van der Waals surface area contributed by atoms with Crippen molar-refractivity contribution in [2.75, 3.05) is 26.2 Å². The Morgan fingerprint density at radius 2 is 1.81 bits per heavy atom. The standard InChI is InChI=1S/C25H26Cl2N2O2S/c1-17-3-4-18(2)23(11-17)31-15-19-12-24(32-16-19)25(30)29-9-7-28(8-10-29)14-20-5-6-21(26)13-22(20)27/h3-6,11-13,16H,7-10,14-15H2,1-2H3. The van der Waals surface area contributed by atoms with Crippen LogP contribution in [-0.2, 0) is 13.2 Å². The first-order valence-corrected chi connectivity index (χ1v) is 12.3. The van der Waals surface area contributed by atoms with Gasteiger partial charge in [0.25, 0.3) is 5.91 Å². The highest BCUT2D eigenvalue weighted by atomic mass is 35.5. The molecule has 1 saturated heterocycles. The lowest BCUT2D eigenvalue weighted by Gasteiger charge is -2.34. The molecule has 3 aromatic rings. The van der Waals surface area contributed by atoms with Crippen LogP contribution in [0.3, 0.4) is 0 Å². The summed E-state index contributed by atoms with van der Waals surface area (Å²) in [4.78, 5) is 18.0. The quantitative estimate of drug-likeness (QED) is 0.413. The Bertz CT molecular complexity index is 1110. The first-order valence-electron chi connectivity index (χ1n) is 10.6. The molecule has 2 heterocycles. The van der Waals surface area contributed by atoms with E-state index in [1.165, 1.54) is 16.9 Å². The van der Waals surface area contributed by atoms with Crippen LogP contribution < -0.4 is 4.74 Å². The zero-order chi connectivity index (χ0) is 22.7. The number of rotatable bonds is 6. The molecule has 1 aromatic heterocycles. The van der Waals surface area contributed by atoms with E-state index in [0.29, 0.717) is 29.7 Å². The summed E-state index contributed by atoms with van der Waals surface area (Å²) in [5.41, 5.74) is 4.36. The molecule has 1 fully saturated rings. The fraction of sp³-hybridized carbons (Fsp3) is 0.320. The second-order valence-corrected chi connectivity index (χ2v) is 9.94. The maximum Gasteiger partial charge on any atom is 0.264 e. The second kappa shape index (κ2) is 10.3. The van der Waals surface area contributed by atoms with E-state index in [9.17, 15) is 4.79 Å². The predicted octanol–water partition coefficient (Wildman–Crippen LogP) is 6.21. The fourth-order valence-electron chi connectivity index (χ4n) is 3.74. The molecule has 2 aromatic carbocycles. The van der Waals surface area contributed by atoms with Gasteiger partial charge in [-0.25, -0.2) is 0 Å². The van der Waals surface area contributed by atoms with Gasteiger partial charge in [-0.3, -0.25) is 9.69 Å². The van der Waals surface area contributed by atoms with Gasteiger partial charge < -0.3 is 9.64 Å². The number of nitrogens with zero attached hydrogens (tertiary/aromatic N) is 2. The number of thiophene rings is 1. The van der Waals surface area contributed by atoms with Crippen molar-refractivity contribution in [2.24, 2.45) is 0 Å². The number of piperazine rings is 1. The molecule has 7 heteroatoms. The molecule has 1 aliphatic rings. The van der Waals surface area contributed by atoms with Gasteiger partial charge in [0.05, 0.1) is 4.88 Å². The number of hydrogen-bond acceptors (Lipinski definition) is 4. The average Bonchev–Trinajstić information content (AvgIpc) is 3.25. The minimum Gasteiger partial charge on any atom is -0.489 e. The SMILES string of the molecule is Cc1ccc(C)c(OCc2csc(C(=O)N3CCN(Cc4ccc(Cl)cc4Cl)CC3)c2)c1. The lowest BCUT2D eigenvalue weighted by Crippen LogP contribution is -2.48. The molecule has 168 valence electrons. The molecular formula is C25H26Cl2N2O2S. The van der Waals surface area contributed by atoms with Gasteiger partial charge in [0, 0.05) is 48.3 Å². The van der Waals surface area contributed by atoms with Gasteiger partial charge in [-0.05, 0) is 60.2 Å². The third kappa shape index (κ3) is 5.65. The zero-order valence-corrected chi connectivity index (χ0v) is 20.6. The number of aryl methyl sites for hydroxylation is 2. The zero-order valence-electron chi connectivity index (χ0n) is 18.2. The summed E-state index contributed by atoms with van der Waals surface area (Å²) in [7, 11) is 0. The van der Waals surface area contributed by atoms with E-state index in [4.69, 9.17) is 27.9 Å². The summed E-state index contributed by atoms with van der Waals surface area (Å²) in [5, 5.41) is 3.34. The molecule has 0 saturated carbocycles. The Labute approximate surface area is 203 Å². The monoisotopic (exact) mass is 488 g/mol. The maximum absolute atomic E-state index is 13.0. The van der Waals surface area contributed by atoms with Crippen LogP contribution in [0.1, 0.15) is 31.9 Å². The van der Waals surface area contributed by atoms with Crippen molar-refractivity contribution >= 4 is 40.4 Å². The van der Waals surface area contributed by atoms with E-state index in [-0.39, 0.29) is 5.91 Å². The van der Waals surface area contributed by atoms with Gasteiger partial charge in [0.15, 0.2) is 0 Å². The van der Waals surface area contributed by atoms with Crippen LogP contribution in [0, 0.1) is 13.8 Å². The van der Waals surface area contributed by atoms with Crippen molar-refractivity contribution < 1.29 is 9.53 Å². The Kier molecular flexibility index (Phi) is 7.41. The van der Waals surface area contributed by atoms with Crippen LogP contribution in [0.5, 0.6) is 5.75 Å². The lowest BCUT2D eigenvalue weighted by atomic mass is 10.1. The molecule has 0 atom stereocenters. The summed E-state index contributed by atoms with van der Waals surface area (Å²) >= 11 is 13.8. The molecule has 0 radical (unpaired) electrons. The van der Waals surface area contributed by atoms with Crippen LogP contribution in [0.2, 0.25) is 10.0 Å². The number of hydrogen-bond donors (Lipinski definition) is 0. The van der Waals surface area contributed by atoms with E-state index >= 15 is 0 Å². The number of carbonyl (C=O) groups is 1. The number of benzene rings is 2. The predicted molar refractivity (Wildman–Crippen MR) is 132 cm³/mol. The summed E-state index contributed by atoms with van der Waals surface area (Å²) < 4.78 is 5.99. The van der Waals surface area contributed by atoms with Crippen molar-refractivity contribution in [3.8, 4) is 5.75 Å². The molecule has 4 rings (SSSR count). The minimum absolute atomic E-state index is 0.0946. The van der Waals surface area contributed by atoms with Gasteiger partial charge >= 0.3 is 0 Å². The van der Waals surface area contributed by atoms with Gasteiger partial charge in [0.2, 0.25) is 0 Å². The van der Waals surface area contributed by atoms with E-state index in [0.717, 1.165) is 47.0 Å². The summed E-state index contributed by atoms with van der Waals surface area (Å²) in [6.45, 7) is 8.36. The number of ether oxygens (including phenoxy) is 1. The first-order chi connectivity index (χ1) is 15.4. The number of halogens is 2. The van der Waals surface area contributed by atoms with E-state index in [1.54, 1.807) is 6.07 Å². The second-order valence-electron chi connectivity index (χ2n) is 8.18. The van der Waals surface area contributed by atoms with Crippen LogP contribution in [-0.4, -0.2) is 41.9 Å². The minimum atomic E-state index is 0.0946. The molecule has 0 aliphatic carbocycles.